The normalized spacial score (nSPS) is 13.3. The minimum Gasteiger partial charge on any atom is -0.495 e. The Morgan fingerprint density at radius 3 is 1.52 bits per heavy atom. The molecule has 4 amide bonds. The molecule has 376 valence electrons. The van der Waals surface area contributed by atoms with E-state index in [1.54, 1.807) is 81.2 Å². The quantitative estimate of drug-likeness (QED) is 0.110. The molecule has 0 unspecified atom stereocenters. The van der Waals surface area contributed by atoms with E-state index in [1.807, 2.05) is 48.2 Å². The number of hydrogen-bond acceptors (Lipinski definition) is 12. The summed E-state index contributed by atoms with van der Waals surface area (Å²) in [7, 11) is 6.29. The zero-order chi connectivity index (χ0) is 51.4. The first-order chi connectivity index (χ1) is 34.1. The second kappa shape index (κ2) is 25.2. The molecule has 0 atom stereocenters. The van der Waals surface area contributed by atoms with Gasteiger partial charge in [-0.1, -0.05) is 58.5 Å². The average Bonchev–Trinajstić information content (AvgIpc) is 3.89. The number of halogens is 5. The fourth-order valence-electron chi connectivity index (χ4n) is 7.50. The van der Waals surface area contributed by atoms with Crippen LogP contribution in [-0.4, -0.2) is 150 Å². The Kier molecular flexibility index (Phi) is 19.2. The Balaban J connectivity index is 0.000000193. The second-order valence-electron chi connectivity index (χ2n) is 15.9. The van der Waals surface area contributed by atoms with E-state index in [1.165, 1.54) is 0 Å². The topological polar surface area (TPSA) is 196 Å². The minimum absolute atomic E-state index is 0.00463. The predicted octanol–water partition coefficient (Wildman–Crippen LogP) is 7.31. The molecule has 2 saturated heterocycles. The summed E-state index contributed by atoms with van der Waals surface area (Å²) in [5.74, 6) is 0.752. The summed E-state index contributed by atoms with van der Waals surface area (Å²) in [6, 6.07) is 21.6. The van der Waals surface area contributed by atoms with Crippen molar-refractivity contribution >= 4 is 93.0 Å². The van der Waals surface area contributed by atoms with Crippen molar-refractivity contribution in [2.75, 3.05) is 96.4 Å². The Morgan fingerprint density at radius 2 is 1.10 bits per heavy atom. The fraction of sp³-hybridized carbons (Fsp3) is 0.333. The number of carbonyl (C=O) groups is 4. The lowest BCUT2D eigenvalue weighted by Crippen LogP contribution is -2.49. The number of aromatic nitrogens is 6. The van der Waals surface area contributed by atoms with Gasteiger partial charge in [0.1, 0.15) is 46.7 Å². The van der Waals surface area contributed by atoms with Gasteiger partial charge in [-0.2, -0.15) is 10.2 Å². The number of methoxy groups -OCH3 is 2. The summed E-state index contributed by atoms with van der Waals surface area (Å²) in [5.41, 5.74) is 6.12. The summed E-state index contributed by atoms with van der Waals surface area (Å²) in [5, 5.41) is 18.5. The summed E-state index contributed by atoms with van der Waals surface area (Å²) in [4.78, 5) is 64.5. The molecule has 0 spiro atoms. The number of aromatic amines is 1. The van der Waals surface area contributed by atoms with Crippen molar-refractivity contribution in [1.29, 1.82) is 0 Å². The van der Waals surface area contributed by atoms with E-state index in [0.717, 1.165) is 30.2 Å². The molecule has 3 N–H and O–H groups in total. The number of rotatable bonds is 11. The Hall–Kier alpha value is -6.31. The summed E-state index contributed by atoms with van der Waals surface area (Å²) >= 11 is 30.3. The smallest absolute Gasteiger partial charge is 0.269 e. The van der Waals surface area contributed by atoms with E-state index in [2.05, 4.69) is 45.7 Å². The molecule has 8 rings (SSSR count). The largest absolute Gasteiger partial charge is 0.495 e. The highest BCUT2D eigenvalue weighted by Gasteiger charge is 2.25. The fourth-order valence-corrected chi connectivity index (χ4v) is 8.47. The molecule has 71 heavy (non-hydrogen) atoms. The van der Waals surface area contributed by atoms with Gasteiger partial charge < -0.3 is 39.7 Å². The Labute approximate surface area is 436 Å². The lowest BCUT2D eigenvalue weighted by atomic mass is 10.2. The van der Waals surface area contributed by atoms with Crippen LogP contribution in [0.15, 0.2) is 72.8 Å². The van der Waals surface area contributed by atoms with Gasteiger partial charge in [-0.25, -0.2) is 9.97 Å². The maximum Gasteiger partial charge on any atom is 0.269 e. The molecule has 2 aliphatic rings. The highest BCUT2D eigenvalue weighted by atomic mass is 35.5. The van der Waals surface area contributed by atoms with Crippen molar-refractivity contribution in [3.8, 4) is 34.3 Å². The van der Waals surface area contributed by atoms with Crippen molar-refractivity contribution < 1.29 is 28.7 Å². The predicted molar refractivity (Wildman–Crippen MR) is 278 cm³/mol. The molecule has 2 fully saturated rings. The van der Waals surface area contributed by atoms with Crippen molar-refractivity contribution in [2.45, 2.75) is 20.4 Å². The van der Waals surface area contributed by atoms with Crippen LogP contribution in [-0.2, 0) is 16.1 Å². The van der Waals surface area contributed by atoms with Crippen LogP contribution in [0.25, 0.3) is 22.8 Å². The molecule has 2 aromatic carbocycles. The third-order valence-electron chi connectivity index (χ3n) is 11.6. The highest BCUT2D eigenvalue weighted by molar-refractivity contribution is 6.34. The third kappa shape index (κ3) is 13.4. The molecule has 18 nitrogen and oxygen atoms in total. The summed E-state index contributed by atoms with van der Waals surface area (Å²) in [6.45, 7) is 9.19. The number of nitrogens with zero attached hydrogens (tertiary/aromatic N) is 9. The van der Waals surface area contributed by atoms with Gasteiger partial charge in [-0.05, 0) is 62.4 Å². The number of aryl methyl sites for hydroxylation is 1. The minimum atomic E-state index is -0.300. The Morgan fingerprint density at radius 1 is 0.634 bits per heavy atom. The summed E-state index contributed by atoms with van der Waals surface area (Å²) < 4.78 is 12.1. The van der Waals surface area contributed by atoms with Gasteiger partial charge in [0.05, 0.1) is 57.1 Å². The number of benzene rings is 2. The van der Waals surface area contributed by atoms with Crippen LogP contribution in [0.5, 0.6) is 11.5 Å². The molecule has 0 aliphatic carbocycles. The van der Waals surface area contributed by atoms with Gasteiger partial charge in [-0.15, -0.1) is 11.6 Å². The number of pyridine rings is 2. The maximum atomic E-state index is 13.0. The van der Waals surface area contributed by atoms with E-state index in [-0.39, 0.29) is 41.7 Å². The number of ether oxygens (including phenoxy) is 2. The lowest BCUT2D eigenvalue weighted by molar-refractivity contribution is -0.132. The molecular formula is C48H53Cl5N12O6. The number of nitrogens with one attached hydrogen (secondary N) is 3. The number of H-pyrrole nitrogens is 1. The van der Waals surface area contributed by atoms with Gasteiger partial charge in [0.2, 0.25) is 11.8 Å². The van der Waals surface area contributed by atoms with Crippen molar-refractivity contribution in [1.82, 2.24) is 50.4 Å². The second-order valence-corrected chi connectivity index (χ2v) is 17.7. The zero-order valence-electron chi connectivity index (χ0n) is 39.9. The Bertz CT molecular complexity index is 2850. The van der Waals surface area contributed by atoms with E-state index in [9.17, 15) is 19.2 Å². The first kappa shape index (κ1) is 54.0. The standard InChI is InChI=1S/C24H26Cl2N6O3.C13H16Cl2N2O2.C11H11ClN4O/c1-15-22(26)23(18-5-4-6-19(28-18)24(34)27-2)29-32(15)14-21(33)31-11-9-30(10-12-31)16-7-8-17(25)20(13-16)35-3;1-19-12-8-10(2-3-11(12)15)16-4-6-17(7-5-16)13(18)9-14;1-6-9(12)10(16-15-6)7-4-3-5-8(14-7)11(17)13-2/h4-8,13H,9-12,14H2,1-3H3,(H,27,34);2-3,8H,4-7,9H2,1H3;3-5H,1-2H3,(H,13,17)(H,15,16). The molecule has 23 heteroatoms. The SMILES string of the molecule is CNC(=O)c1cccc(-c2n[nH]c(C)c2Cl)n1.CNC(=O)c1cccc(-c2nn(CC(=O)N3CCN(c4ccc(Cl)c(OC)c4)CC3)c(C)c2Cl)n1.COc1cc(N2CCN(C(=O)CCl)CC2)ccc1Cl. The van der Waals surface area contributed by atoms with Gasteiger partial charge in [-0.3, -0.25) is 29.0 Å². The van der Waals surface area contributed by atoms with Gasteiger partial charge in [0.25, 0.3) is 11.8 Å². The van der Waals surface area contributed by atoms with Crippen LogP contribution in [0, 0.1) is 13.8 Å². The third-order valence-corrected chi connectivity index (χ3v) is 13.3. The van der Waals surface area contributed by atoms with E-state index >= 15 is 0 Å². The van der Waals surface area contributed by atoms with Gasteiger partial charge in [0, 0.05) is 90.0 Å². The number of alkyl halides is 1. The number of hydrogen-bond donors (Lipinski definition) is 3. The van der Waals surface area contributed by atoms with E-state index in [0.29, 0.717) is 105 Å². The molecule has 0 bridgehead atoms. The monoisotopic (exact) mass is 1070 g/mol. The van der Waals surface area contributed by atoms with Gasteiger partial charge >= 0.3 is 0 Å². The zero-order valence-corrected chi connectivity index (χ0v) is 43.6. The maximum absolute atomic E-state index is 13.0. The first-order valence-electron chi connectivity index (χ1n) is 22.2. The highest BCUT2D eigenvalue weighted by Crippen LogP contribution is 2.32. The van der Waals surface area contributed by atoms with Gasteiger partial charge in [0.15, 0.2) is 0 Å². The first-order valence-corrected chi connectivity index (χ1v) is 24.3. The van der Waals surface area contributed by atoms with E-state index < -0.39 is 0 Å². The van der Waals surface area contributed by atoms with E-state index in [4.69, 9.17) is 67.5 Å². The van der Waals surface area contributed by atoms with Crippen molar-refractivity contribution in [3.63, 3.8) is 0 Å². The number of anilines is 2. The van der Waals surface area contributed by atoms with Crippen LogP contribution in [0.4, 0.5) is 11.4 Å². The molecule has 6 heterocycles. The van der Waals surface area contributed by atoms with Crippen LogP contribution in [0.1, 0.15) is 32.4 Å². The molecular weight excluding hydrogens is 1020 g/mol. The van der Waals surface area contributed by atoms with Crippen molar-refractivity contribution in [3.05, 3.63) is 116 Å². The number of amides is 4. The molecule has 0 radical (unpaired) electrons. The average molecular weight is 1070 g/mol. The number of carbonyl (C=O) groups excluding carboxylic acids is 4. The molecule has 6 aromatic rings. The summed E-state index contributed by atoms with van der Waals surface area (Å²) in [6.07, 6.45) is 0. The lowest BCUT2D eigenvalue weighted by Gasteiger charge is -2.36. The van der Waals surface area contributed by atoms with Crippen LogP contribution in [0.2, 0.25) is 20.1 Å². The van der Waals surface area contributed by atoms with Crippen LogP contribution in [0.3, 0.4) is 0 Å². The van der Waals surface area contributed by atoms with Crippen molar-refractivity contribution in [2.24, 2.45) is 0 Å². The van der Waals surface area contributed by atoms with Crippen LogP contribution < -0.4 is 29.9 Å². The molecule has 0 saturated carbocycles. The molecule has 4 aromatic heterocycles. The number of piperazine rings is 2. The molecule has 2 aliphatic heterocycles. The van der Waals surface area contributed by atoms with Crippen LogP contribution >= 0.6 is 58.0 Å².